The average molecular weight is 208 g/mol. The van der Waals surface area contributed by atoms with Crippen LogP contribution in [-0.4, -0.2) is 29.6 Å². The summed E-state index contributed by atoms with van der Waals surface area (Å²) in [7, 11) is 0. The zero-order chi connectivity index (χ0) is 10.3. The zero-order valence-electron chi connectivity index (χ0n) is 9.75. The van der Waals surface area contributed by atoms with E-state index in [1.54, 1.807) is 0 Å². The number of rotatable bonds is 2. The first-order chi connectivity index (χ1) is 7.36. The Morgan fingerprint density at radius 3 is 2.53 bits per heavy atom. The van der Waals surface area contributed by atoms with Crippen LogP contribution in [0.4, 0.5) is 0 Å². The van der Waals surface area contributed by atoms with Gasteiger partial charge in [-0.2, -0.15) is 0 Å². The van der Waals surface area contributed by atoms with E-state index in [1.807, 2.05) is 0 Å². The smallest absolute Gasteiger partial charge is 0.0334 e. The SMILES string of the molecule is NCC1(N2CCCC3CCCC32)CCC1. The van der Waals surface area contributed by atoms with Gasteiger partial charge in [-0.3, -0.25) is 4.90 Å². The van der Waals surface area contributed by atoms with Crippen molar-refractivity contribution in [3.63, 3.8) is 0 Å². The fourth-order valence-electron chi connectivity index (χ4n) is 4.24. The molecule has 0 radical (unpaired) electrons. The van der Waals surface area contributed by atoms with E-state index in [9.17, 15) is 0 Å². The molecule has 2 atom stereocenters. The summed E-state index contributed by atoms with van der Waals surface area (Å²) in [5.41, 5.74) is 6.48. The van der Waals surface area contributed by atoms with E-state index in [0.717, 1.165) is 18.5 Å². The minimum absolute atomic E-state index is 0.438. The van der Waals surface area contributed by atoms with Gasteiger partial charge in [0.05, 0.1) is 0 Å². The highest BCUT2D eigenvalue weighted by Gasteiger charge is 2.48. The molecule has 3 aliphatic rings. The first-order valence-corrected chi connectivity index (χ1v) is 6.83. The molecule has 3 rings (SSSR count). The molecule has 2 unspecified atom stereocenters. The molecule has 1 saturated heterocycles. The van der Waals surface area contributed by atoms with Crippen LogP contribution >= 0.6 is 0 Å². The van der Waals surface area contributed by atoms with Crippen LogP contribution in [0.25, 0.3) is 0 Å². The van der Waals surface area contributed by atoms with Gasteiger partial charge in [0.1, 0.15) is 0 Å². The molecule has 2 heteroatoms. The Kier molecular flexibility index (Phi) is 2.52. The second kappa shape index (κ2) is 3.74. The van der Waals surface area contributed by atoms with E-state index in [1.165, 1.54) is 57.9 Å². The maximum atomic E-state index is 6.04. The molecular weight excluding hydrogens is 184 g/mol. The van der Waals surface area contributed by atoms with E-state index in [2.05, 4.69) is 4.90 Å². The monoisotopic (exact) mass is 208 g/mol. The minimum Gasteiger partial charge on any atom is -0.329 e. The number of piperidine rings is 1. The van der Waals surface area contributed by atoms with Crippen molar-refractivity contribution in [2.45, 2.75) is 62.9 Å². The molecular formula is C13H24N2. The maximum Gasteiger partial charge on any atom is 0.0334 e. The van der Waals surface area contributed by atoms with E-state index >= 15 is 0 Å². The molecule has 0 aromatic heterocycles. The van der Waals surface area contributed by atoms with Gasteiger partial charge in [0.25, 0.3) is 0 Å². The largest absolute Gasteiger partial charge is 0.329 e. The van der Waals surface area contributed by atoms with Gasteiger partial charge in [-0.05, 0) is 57.4 Å². The third kappa shape index (κ3) is 1.45. The van der Waals surface area contributed by atoms with Gasteiger partial charge < -0.3 is 5.73 Å². The average Bonchev–Trinajstić information content (AvgIpc) is 2.65. The van der Waals surface area contributed by atoms with Crippen molar-refractivity contribution in [2.24, 2.45) is 11.7 Å². The number of hydrogen-bond acceptors (Lipinski definition) is 2. The van der Waals surface area contributed by atoms with Crippen molar-refractivity contribution in [3.8, 4) is 0 Å². The summed E-state index contributed by atoms with van der Waals surface area (Å²) in [4.78, 5) is 2.83. The molecule has 2 N–H and O–H groups in total. The predicted molar refractivity (Wildman–Crippen MR) is 62.7 cm³/mol. The number of likely N-dealkylation sites (tertiary alicyclic amines) is 1. The second-order valence-electron chi connectivity index (χ2n) is 5.88. The topological polar surface area (TPSA) is 29.3 Å². The molecule has 15 heavy (non-hydrogen) atoms. The minimum atomic E-state index is 0.438. The third-order valence-corrected chi connectivity index (χ3v) is 5.27. The van der Waals surface area contributed by atoms with Crippen molar-refractivity contribution in [1.29, 1.82) is 0 Å². The molecule has 1 aliphatic heterocycles. The number of nitrogens with two attached hydrogens (primary N) is 1. The summed E-state index contributed by atoms with van der Waals surface area (Å²) in [6, 6.07) is 0.905. The van der Waals surface area contributed by atoms with Gasteiger partial charge in [0.15, 0.2) is 0 Å². The van der Waals surface area contributed by atoms with Crippen LogP contribution in [-0.2, 0) is 0 Å². The Morgan fingerprint density at radius 1 is 1.07 bits per heavy atom. The van der Waals surface area contributed by atoms with Crippen molar-refractivity contribution >= 4 is 0 Å². The maximum absolute atomic E-state index is 6.04. The van der Waals surface area contributed by atoms with Gasteiger partial charge in [-0.1, -0.05) is 6.42 Å². The van der Waals surface area contributed by atoms with Gasteiger partial charge in [0.2, 0.25) is 0 Å². The summed E-state index contributed by atoms with van der Waals surface area (Å²) in [6.07, 6.45) is 11.5. The van der Waals surface area contributed by atoms with Gasteiger partial charge in [0, 0.05) is 18.1 Å². The Hall–Kier alpha value is -0.0800. The highest BCUT2D eigenvalue weighted by molar-refractivity contribution is 5.04. The lowest BCUT2D eigenvalue weighted by Crippen LogP contribution is -2.63. The first-order valence-electron chi connectivity index (χ1n) is 6.83. The van der Waals surface area contributed by atoms with Gasteiger partial charge in [-0.15, -0.1) is 0 Å². The first kappa shape index (κ1) is 10.1. The fourth-order valence-corrected chi connectivity index (χ4v) is 4.24. The van der Waals surface area contributed by atoms with Crippen LogP contribution in [0.2, 0.25) is 0 Å². The Bertz CT molecular complexity index is 229. The number of fused-ring (bicyclic) bond motifs is 1. The quantitative estimate of drug-likeness (QED) is 0.753. The molecule has 0 amide bonds. The molecule has 3 fully saturated rings. The molecule has 0 aromatic carbocycles. The van der Waals surface area contributed by atoms with Crippen LogP contribution in [0, 0.1) is 5.92 Å². The van der Waals surface area contributed by atoms with Crippen molar-refractivity contribution in [2.75, 3.05) is 13.1 Å². The zero-order valence-corrected chi connectivity index (χ0v) is 9.75. The van der Waals surface area contributed by atoms with Crippen LogP contribution in [0.5, 0.6) is 0 Å². The summed E-state index contributed by atoms with van der Waals surface area (Å²) >= 11 is 0. The van der Waals surface area contributed by atoms with Crippen LogP contribution in [0.1, 0.15) is 51.4 Å². The standard InChI is InChI=1S/C13H24N2/c14-10-13(7-3-8-13)15-9-2-5-11-4-1-6-12(11)15/h11-12H,1-10,14H2. The summed E-state index contributed by atoms with van der Waals surface area (Å²) in [5.74, 6) is 1.02. The second-order valence-corrected chi connectivity index (χ2v) is 5.88. The summed E-state index contributed by atoms with van der Waals surface area (Å²) in [6.45, 7) is 2.23. The van der Waals surface area contributed by atoms with Crippen molar-refractivity contribution in [3.05, 3.63) is 0 Å². The molecule has 0 bridgehead atoms. The molecule has 2 aliphatic carbocycles. The molecule has 86 valence electrons. The molecule has 1 heterocycles. The highest BCUT2D eigenvalue weighted by Crippen LogP contribution is 2.46. The normalized spacial score (nSPS) is 39.8. The number of nitrogens with zero attached hydrogens (tertiary/aromatic N) is 1. The van der Waals surface area contributed by atoms with Crippen molar-refractivity contribution < 1.29 is 0 Å². The van der Waals surface area contributed by atoms with Crippen LogP contribution < -0.4 is 5.73 Å². The van der Waals surface area contributed by atoms with Crippen LogP contribution in [0.15, 0.2) is 0 Å². The fraction of sp³-hybridized carbons (Fsp3) is 1.00. The Morgan fingerprint density at radius 2 is 1.87 bits per heavy atom. The lowest BCUT2D eigenvalue weighted by molar-refractivity contribution is -0.0423. The van der Waals surface area contributed by atoms with Gasteiger partial charge in [-0.25, -0.2) is 0 Å². The lowest BCUT2D eigenvalue weighted by Gasteiger charge is -2.55. The molecule has 2 saturated carbocycles. The van der Waals surface area contributed by atoms with Crippen molar-refractivity contribution in [1.82, 2.24) is 4.90 Å². The van der Waals surface area contributed by atoms with E-state index in [-0.39, 0.29) is 0 Å². The molecule has 2 nitrogen and oxygen atoms in total. The van der Waals surface area contributed by atoms with E-state index < -0.39 is 0 Å². The molecule has 0 aromatic rings. The summed E-state index contributed by atoms with van der Waals surface area (Å²) < 4.78 is 0. The van der Waals surface area contributed by atoms with Crippen LogP contribution in [0.3, 0.4) is 0 Å². The lowest BCUT2D eigenvalue weighted by atomic mass is 9.72. The number of hydrogen-bond donors (Lipinski definition) is 1. The predicted octanol–water partition coefficient (Wildman–Crippen LogP) is 2.13. The van der Waals surface area contributed by atoms with E-state index in [0.29, 0.717) is 5.54 Å². The Labute approximate surface area is 93.2 Å². The Balaban J connectivity index is 1.78. The summed E-state index contributed by atoms with van der Waals surface area (Å²) in [5, 5.41) is 0. The third-order valence-electron chi connectivity index (χ3n) is 5.27. The van der Waals surface area contributed by atoms with Gasteiger partial charge >= 0.3 is 0 Å². The highest BCUT2D eigenvalue weighted by atomic mass is 15.3. The molecule has 0 spiro atoms. The van der Waals surface area contributed by atoms with E-state index in [4.69, 9.17) is 5.73 Å².